The summed E-state index contributed by atoms with van der Waals surface area (Å²) < 4.78 is 29.6. The van der Waals surface area contributed by atoms with E-state index in [-0.39, 0.29) is 0 Å². The highest BCUT2D eigenvalue weighted by Gasteiger charge is 2.27. The number of nitrogen functional groups attached to an aromatic ring is 1. The van der Waals surface area contributed by atoms with Crippen molar-refractivity contribution in [2.45, 2.75) is 46.1 Å². The van der Waals surface area contributed by atoms with Crippen LogP contribution >= 0.6 is 10.8 Å². The fourth-order valence-electron chi connectivity index (χ4n) is 3.55. The van der Waals surface area contributed by atoms with Crippen molar-refractivity contribution in [1.82, 2.24) is 18.8 Å². The van der Waals surface area contributed by atoms with E-state index in [2.05, 4.69) is 21.5 Å². The number of ether oxygens (including phenoxy) is 1. The summed E-state index contributed by atoms with van der Waals surface area (Å²) in [6.07, 6.45) is 3.55. The molecule has 0 spiro atoms. The molecule has 2 aromatic rings. The van der Waals surface area contributed by atoms with Crippen molar-refractivity contribution >= 4 is 27.6 Å². The van der Waals surface area contributed by atoms with E-state index in [1.807, 2.05) is 13.0 Å². The van der Waals surface area contributed by atoms with Crippen LogP contribution in [-0.4, -0.2) is 60.0 Å². The smallest absolute Gasteiger partial charge is 0.151 e. The minimum absolute atomic E-state index is 0.478. The van der Waals surface area contributed by atoms with Crippen molar-refractivity contribution in [2.75, 3.05) is 37.8 Å². The number of nitrogens with zero attached hydrogens (tertiary/aromatic N) is 4. The molecule has 1 aliphatic rings. The number of hydrogen-bond acceptors (Lipinski definition) is 7. The molecule has 0 saturated carbocycles. The van der Waals surface area contributed by atoms with Gasteiger partial charge in [-0.1, -0.05) is 6.92 Å². The molecule has 0 unspecified atom stereocenters. The van der Waals surface area contributed by atoms with Crippen molar-refractivity contribution in [3.8, 4) is 0 Å². The predicted octanol–water partition coefficient (Wildman–Crippen LogP) is 3.05. The van der Waals surface area contributed by atoms with Gasteiger partial charge in [0.2, 0.25) is 0 Å². The molecule has 8 nitrogen and oxygen atoms in total. The Labute approximate surface area is 162 Å². The Morgan fingerprint density at radius 1 is 1.26 bits per heavy atom. The zero-order valence-electron chi connectivity index (χ0n) is 16.2. The summed E-state index contributed by atoms with van der Waals surface area (Å²) >= 11 is 0. The molecule has 4 N–H and O–H groups in total. The molecule has 3 rings (SSSR count). The van der Waals surface area contributed by atoms with E-state index in [0.29, 0.717) is 37.9 Å². The topological polar surface area (TPSA) is 110 Å². The van der Waals surface area contributed by atoms with E-state index in [1.165, 1.54) is 0 Å². The Balaban J connectivity index is 1.54. The molecule has 0 bridgehead atoms. The van der Waals surface area contributed by atoms with Crippen LogP contribution in [0.4, 0.5) is 5.82 Å². The van der Waals surface area contributed by atoms with Gasteiger partial charge in [0.1, 0.15) is 11.3 Å². The minimum atomic E-state index is -2.51. The van der Waals surface area contributed by atoms with Gasteiger partial charge in [0.25, 0.3) is 0 Å². The number of nitrogens with two attached hydrogens (primary N) is 1. The summed E-state index contributed by atoms with van der Waals surface area (Å²) in [7, 11) is -2.51. The quantitative estimate of drug-likeness (QED) is 0.558. The molecule has 9 heteroatoms. The molecule has 0 aromatic carbocycles. The second-order valence-electron chi connectivity index (χ2n) is 7.03. The van der Waals surface area contributed by atoms with Gasteiger partial charge in [-0.15, -0.1) is 10.8 Å². The molecular formula is C18H31N5O3S. The van der Waals surface area contributed by atoms with Gasteiger partial charge in [0.15, 0.2) is 5.82 Å². The van der Waals surface area contributed by atoms with Gasteiger partial charge in [-0.05, 0) is 32.3 Å². The Kier molecular flexibility index (Phi) is 6.59. The number of aryl methyl sites for hydroxylation is 2. The minimum Gasteiger partial charge on any atom is -0.382 e. The molecule has 1 saturated heterocycles. The number of hydrogen-bond donors (Lipinski definition) is 3. The summed E-state index contributed by atoms with van der Waals surface area (Å²) in [5.41, 5.74) is 8.71. The maximum absolute atomic E-state index is 9.91. The van der Waals surface area contributed by atoms with Crippen molar-refractivity contribution < 1.29 is 13.8 Å². The van der Waals surface area contributed by atoms with Crippen LogP contribution in [-0.2, 0) is 17.7 Å². The van der Waals surface area contributed by atoms with Gasteiger partial charge in [-0.3, -0.25) is 9.11 Å². The molecule has 0 radical (unpaired) electrons. The number of aromatic nitrogens is 3. The first-order chi connectivity index (χ1) is 12.9. The Morgan fingerprint density at radius 3 is 2.78 bits per heavy atom. The van der Waals surface area contributed by atoms with E-state index >= 15 is 0 Å². The molecule has 152 valence electrons. The molecule has 1 aliphatic heterocycles. The standard InChI is InChI=1S/C18H31N5O3S/c1-3-6-16-21-17-15(13-14(2)20-18(17)19)23(16)9-11-26-10-4-7-22-8-5-12-27(22,24)25/h13,24-25H,3-12H2,1-2H3,(H2,19,20). The van der Waals surface area contributed by atoms with Gasteiger partial charge in [-0.25, -0.2) is 14.3 Å². The molecule has 3 heterocycles. The maximum atomic E-state index is 9.91. The van der Waals surface area contributed by atoms with Crippen LogP contribution < -0.4 is 5.73 Å². The largest absolute Gasteiger partial charge is 0.382 e. The summed E-state index contributed by atoms with van der Waals surface area (Å²) in [5.74, 6) is 1.99. The third-order valence-electron chi connectivity index (χ3n) is 4.84. The van der Waals surface area contributed by atoms with Crippen LogP contribution in [0, 0.1) is 6.92 Å². The first-order valence-corrected chi connectivity index (χ1v) is 11.3. The second kappa shape index (κ2) is 8.74. The maximum Gasteiger partial charge on any atom is 0.151 e. The Hall–Kier alpha value is -1.39. The number of fused-ring (bicyclic) bond motifs is 1. The Bertz CT molecular complexity index is 780. The van der Waals surface area contributed by atoms with E-state index in [4.69, 9.17) is 10.5 Å². The van der Waals surface area contributed by atoms with E-state index in [0.717, 1.165) is 54.8 Å². The van der Waals surface area contributed by atoms with Crippen LogP contribution in [0.1, 0.15) is 37.7 Å². The van der Waals surface area contributed by atoms with Crippen LogP contribution in [0.15, 0.2) is 6.07 Å². The lowest BCUT2D eigenvalue weighted by Gasteiger charge is -2.36. The monoisotopic (exact) mass is 397 g/mol. The summed E-state index contributed by atoms with van der Waals surface area (Å²) in [5, 5.41) is 0. The predicted molar refractivity (Wildman–Crippen MR) is 110 cm³/mol. The third-order valence-corrected chi connectivity index (χ3v) is 6.87. The molecular weight excluding hydrogens is 366 g/mol. The normalized spacial score (nSPS) is 18.4. The van der Waals surface area contributed by atoms with Crippen LogP contribution in [0.2, 0.25) is 0 Å². The Morgan fingerprint density at radius 2 is 2.07 bits per heavy atom. The summed E-state index contributed by atoms with van der Waals surface area (Å²) in [4.78, 5) is 9.00. The number of rotatable bonds is 9. The highest BCUT2D eigenvalue weighted by molar-refractivity contribution is 8.22. The third kappa shape index (κ3) is 4.72. The highest BCUT2D eigenvalue weighted by atomic mass is 32.3. The van der Waals surface area contributed by atoms with Crippen LogP contribution in [0.3, 0.4) is 0 Å². The van der Waals surface area contributed by atoms with Gasteiger partial charge in [0.05, 0.1) is 17.9 Å². The van der Waals surface area contributed by atoms with Gasteiger partial charge in [-0.2, -0.15) is 0 Å². The van der Waals surface area contributed by atoms with Crippen LogP contribution in [0.5, 0.6) is 0 Å². The zero-order valence-corrected chi connectivity index (χ0v) is 17.0. The summed E-state index contributed by atoms with van der Waals surface area (Å²) in [6.45, 7) is 7.40. The lowest BCUT2D eigenvalue weighted by Crippen LogP contribution is -2.24. The molecule has 0 aliphatic carbocycles. The first kappa shape index (κ1) is 20.3. The second-order valence-corrected chi connectivity index (χ2v) is 9.22. The van der Waals surface area contributed by atoms with E-state index < -0.39 is 10.8 Å². The number of pyridine rings is 1. The lowest BCUT2D eigenvalue weighted by molar-refractivity contribution is 0.120. The molecule has 2 aromatic heterocycles. The van der Waals surface area contributed by atoms with Gasteiger partial charge >= 0.3 is 0 Å². The van der Waals surface area contributed by atoms with E-state index in [1.54, 1.807) is 4.31 Å². The van der Waals surface area contributed by atoms with Crippen molar-refractivity contribution in [3.05, 3.63) is 17.6 Å². The fourth-order valence-corrected chi connectivity index (χ4v) is 5.17. The van der Waals surface area contributed by atoms with Crippen molar-refractivity contribution in [3.63, 3.8) is 0 Å². The first-order valence-electron chi connectivity index (χ1n) is 9.63. The highest BCUT2D eigenvalue weighted by Crippen LogP contribution is 2.48. The molecule has 27 heavy (non-hydrogen) atoms. The average Bonchev–Trinajstić information content (AvgIpc) is 3.11. The fraction of sp³-hybridized carbons (Fsp3) is 0.667. The van der Waals surface area contributed by atoms with Crippen molar-refractivity contribution in [1.29, 1.82) is 0 Å². The molecule has 1 fully saturated rings. The lowest BCUT2D eigenvalue weighted by atomic mass is 10.3. The van der Waals surface area contributed by atoms with Gasteiger partial charge < -0.3 is 15.0 Å². The molecule has 0 atom stereocenters. The number of imidazole rings is 1. The average molecular weight is 398 g/mol. The number of anilines is 1. The van der Waals surface area contributed by atoms with Crippen molar-refractivity contribution in [2.24, 2.45) is 0 Å². The van der Waals surface area contributed by atoms with Crippen LogP contribution in [0.25, 0.3) is 11.0 Å². The van der Waals surface area contributed by atoms with Gasteiger partial charge in [0, 0.05) is 38.4 Å². The van der Waals surface area contributed by atoms with E-state index in [9.17, 15) is 9.11 Å². The zero-order chi connectivity index (χ0) is 19.4. The molecule has 0 amide bonds. The SMILES string of the molecule is CCCc1nc2c(N)nc(C)cc2n1CCOCCCN1CCCS1(O)O. The summed E-state index contributed by atoms with van der Waals surface area (Å²) in [6, 6.07) is 2.02.